The average Bonchev–Trinajstić information content (AvgIpc) is 3.24. The van der Waals surface area contributed by atoms with Gasteiger partial charge in [-0.3, -0.25) is 4.79 Å². The fraction of sp³-hybridized carbons (Fsp3) is 0.333. The summed E-state index contributed by atoms with van der Waals surface area (Å²) >= 11 is 1.40. The van der Waals surface area contributed by atoms with Crippen molar-refractivity contribution in [1.29, 1.82) is 0 Å². The number of thiazole rings is 1. The van der Waals surface area contributed by atoms with Crippen molar-refractivity contribution in [1.82, 2.24) is 19.9 Å². The minimum Gasteiger partial charge on any atom is -0.381 e. The standard InChI is InChI=1S/C15H15N5O2S/c21-14(9-2-5-22-6-3-9)20-15-19-11(7-23-15)12-10-1-4-16-13(10)18-8-17-12/h1,4,7-9H,2-3,5-6H2,(H,16,17,18)(H,19,20,21). The number of amides is 1. The first-order valence-corrected chi connectivity index (χ1v) is 8.32. The summed E-state index contributed by atoms with van der Waals surface area (Å²) in [5.74, 6) is 0.0233. The van der Waals surface area contributed by atoms with Crippen molar-refractivity contribution in [3.63, 3.8) is 0 Å². The van der Waals surface area contributed by atoms with Gasteiger partial charge in [0.05, 0.1) is 0 Å². The number of fused-ring (bicyclic) bond motifs is 1. The van der Waals surface area contributed by atoms with E-state index in [0.29, 0.717) is 18.3 Å². The highest BCUT2D eigenvalue weighted by Gasteiger charge is 2.22. The number of carbonyl (C=O) groups excluding carboxylic acids is 1. The van der Waals surface area contributed by atoms with Gasteiger partial charge in [-0.25, -0.2) is 15.0 Å². The molecule has 118 valence electrons. The summed E-state index contributed by atoms with van der Waals surface area (Å²) in [4.78, 5) is 28.3. The normalized spacial score (nSPS) is 15.8. The van der Waals surface area contributed by atoms with Gasteiger partial charge >= 0.3 is 0 Å². The smallest absolute Gasteiger partial charge is 0.229 e. The minimum absolute atomic E-state index is 0.00605. The molecule has 1 fully saturated rings. The molecule has 2 N–H and O–H groups in total. The Morgan fingerprint density at radius 2 is 2.22 bits per heavy atom. The van der Waals surface area contributed by atoms with E-state index in [1.165, 1.54) is 17.7 Å². The van der Waals surface area contributed by atoms with Crippen LogP contribution in [0.4, 0.5) is 5.13 Å². The number of carbonyl (C=O) groups is 1. The van der Waals surface area contributed by atoms with Gasteiger partial charge in [0.2, 0.25) is 5.91 Å². The molecule has 0 atom stereocenters. The molecule has 1 saturated heterocycles. The molecule has 8 heteroatoms. The van der Waals surface area contributed by atoms with Crippen molar-refractivity contribution in [2.45, 2.75) is 12.8 Å². The summed E-state index contributed by atoms with van der Waals surface area (Å²) in [5.41, 5.74) is 2.28. The first kappa shape index (κ1) is 14.3. The highest BCUT2D eigenvalue weighted by Crippen LogP contribution is 2.28. The van der Waals surface area contributed by atoms with E-state index < -0.39 is 0 Å². The lowest BCUT2D eigenvalue weighted by Crippen LogP contribution is -2.28. The lowest BCUT2D eigenvalue weighted by Gasteiger charge is -2.20. The van der Waals surface area contributed by atoms with Crippen LogP contribution in [0.5, 0.6) is 0 Å². The third kappa shape index (κ3) is 2.82. The van der Waals surface area contributed by atoms with Crippen LogP contribution in [0.25, 0.3) is 22.4 Å². The van der Waals surface area contributed by atoms with Gasteiger partial charge in [-0.05, 0) is 18.9 Å². The highest BCUT2D eigenvalue weighted by molar-refractivity contribution is 7.14. The number of rotatable bonds is 3. The van der Waals surface area contributed by atoms with Crippen molar-refractivity contribution < 1.29 is 9.53 Å². The second-order valence-corrected chi connectivity index (χ2v) is 6.23. The monoisotopic (exact) mass is 329 g/mol. The van der Waals surface area contributed by atoms with Crippen molar-refractivity contribution in [3.05, 3.63) is 24.0 Å². The largest absolute Gasteiger partial charge is 0.381 e. The molecule has 1 amide bonds. The molecule has 3 aromatic rings. The Morgan fingerprint density at radius 1 is 1.35 bits per heavy atom. The van der Waals surface area contributed by atoms with Crippen LogP contribution in [0.3, 0.4) is 0 Å². The summed E-state index contributed by atoms with van der Waals surface area (Å²) in [6.07, 6.45) is 4.86. The van der Waals surface area contributed by atoms with Crippen molar-refractivity contribution in [2.24, 2.45) is 5.92 Å². The molecule has 1 aliphatic heterocycles. The Morgan fingerprint density at radius 3 is 3.09 bits per heavy atom. The maximum absolute atomic E-state index is 12.3. The number of aromatic amines is 1. The molecule has 23 heavy (non-hydrogen) atoms. The van der Waals surface area contributed by atoms with E-state index in [1.807, 2.05) is 17.6 Å². The fourth-order valence-corrected chi connectivity index (χ4v) is 3.38. The van der Waals surface area contributed by atoms with E-state index in [-0.39, 0.29) is 11.8 Å². The van der Waals surface area contributed by atoms with Crippen molar-refractivity contribution in [2.75, 3.05) is 18.5 Å². The Hall–Kier alpha value is -2.32. The van der Waals surface area contributed by atoms with Gasteiger partial charge in [0, 0.05) is 36.1 Å². The predicted molar refractivity (Wildman–Crippen MR) is 87.2 cm³/mol. The first-order chi connectivity index (χ1) is 11.3. The number of nitrogens with one attached hydrogen (secondary N) is 2. The first-order valence-electron chi connectivity index (χ1n) is 7.44. The summed E-state index contributed by atoms with van der Waals surface area (Å²) in [7, 11) is 0. The van der Waals surface area contributed by atoms with Crippen LogP contribution in [0, 0.1) is 5.92 Å². The lowest BCUT2D eigenvalue weighted by molar-refractivity contribution is -0.122. The number of nitrogens with zero attached hydrogens (tertiary/aromatic N) is 3. The summed E-state index contributed by atoms with van der Waals surface area (Å²) < 4.78 is 5.29. The number of hydrogen-bond donors (Lipinski definition) is 2. The van der Waals surface area contributed by atoms with Gasteiger partial charge < -0.3 is 15.0 Å². The molecule has 0 aliphatic carbocycles. The van der Waals surface area contributed by atoms with Crippen LogP contribution >= 0.6 is 11.3 Å². The van der Waals surface area contributed by atoms with E-state index in [4.69, 9.17) is 4.74 Å². The zero-order valence-corrected chi connectivity index (χ0v) is 13.1. The Kier molecular flexibility index (Phi) is 3.76. The average molecular weight is 329 g/mol. The molecule has 3 aromatic heterocycles. The summed E-state index contributed by atoms with van der Waals surface area (Å²) in [6, 6.07) is 1.92. The Labute approximate surface area is 136 Å². The maximum atomic E-state index is 12.3. The molecule has 4 rings (SSSR count). The molecule has 0 bridgehead atoms. The van der Waals surface area contributed by atoms with E-state index >= 15 is 0 Å². The molecule has 1 aliphatic rings. The van der Waals surface area contributed by atoms with Crippen LogP contribution in [-0.2, 0) is 9.53 Å². The number of anilines is 1. The summed E-state index contributed by atoms with van der Waals surface area (Å²) in [6.45, 7) is 1.29. The SMILES string of the molecule is O=C(Nc1nc(-c2ncnc3[nH]ccc23)cs1)C1CCOCC1. The van der Waals surface area contributed by atoms with Gasteiger partial charge in [0.15, 0.2) is 5.13 Å². The quantitative estimate of drug-likeness (QED) is 0.770. The molecule has 0 spiro atoms. The second-order valence-electron chi connectivity index (χ2n) is 5.38. The number of hydrogen-bond acceptors (Lipinski definition) is 6. The van der Waals surface area contributed by atoms with Gasteiger partial charge in [0.25, 0.3) is 0 Å². The van der Waals surface area contributed by atoms with Gasteiger partial charge in [-0.2, -0.15) is 0 Å². The fourth-order valence-electron chi connectivity index (χ4n) is 2.68. The van der Waals surface area contributed by atoms with Crippen LogP contribution in [-0.4, -0.2) is 39.1 Å². The topological polar surface area (TPSA) is 92.8 Å². The van der Waals surface area contributed by atoms with Crippen LogP contribution in [0.2, 0.25) is 0 Å². The van der Waals surface area contributed by atoms with Crippen LogP contribution in [0.15, 0.2) is 24.0 Å². The minimum atomic E-state index is 0.00605. The third-order valence-electron chi connectivity index (χ3n) is 3.92. The predicted octanol–water partition coefficient (Wildman–Crippen LogP) is 2.45. The number of ether oxygens (including phenoxy) is 1. The molecule has 4 heterocycles. The zero-order chi connectivity index (χ0) is 15.6. The van der Waals surface area contributed by atoms with E-state index in [1.54, 1.807) is 0 Å². The van der Waals surface area contributed by atoms with Crippen molar-refractivity contribution in [3.8, 4) is 11.4 Å². The molecule has 7 nitrogen and oxygen atoms in total. The molecular weight excluding hydrogens is 314 g/mol. The van der Waals surface area contributed by atoms with E-state index in [0.717, 1.165) is 35.3 Å². The van der Waals surface area contributed by atoms with Crippen LogP contribution < -0.4 is 5.32 Å². The third-order valence-corrected chi connectivity index (χ3v) is 4.68. The zero-order valence-electron chi connectivity index (χ0n) is 12.3. The van der Waals surface area contributed by atoms with Gasteiger partial charge in [0.1, 0.15) is 23.4 Å². The van der Waals surface area contributed by atoms with Gasteiger partial charge in [-0.1, -0.05) is 0 Å². The van der Waals surface area contributed by atoms with Crippen molar-refractivity contribution >= 4 is 33.4 Å². The number of aromatic nitrogens is 4. The Bertz CT molecular complexity index is 837. The molecular formula is C15H15N5O2S. The molecule has 0 unspecified atom stereocenters. The van der Waals surface area contributed by atoms with E-state index in [9.17, 15) is 4.79 Å². The van der Waals surface area contributed by atoms with Gasteiger partial charge in [-0.15, -0.1) is 11.3 Å². The maximum Gasteiger partial charge on any atom is 0.229 e. The van der Waals surface area contributed by atoms with Crippen LogP contribution in [0.1, 0.15) is 12.8 Å². The second kappa shape index (κ2) is 6.05. The van der Waals surface area contributed by atoms with E-state index in [2.05, 4.69) is 25.3 Å². The molecule has 0 saturated carbocycles. The number of H-pyrrole nitrogens is 1. The molecule has 0 radical (unpaired) electrons. The lowest BCUT2D eigenvalue weighted by atomic mass is 10.00. The summed E-state index contributed by atoms with van der Waals surface area (Å²) in [5, 5.41) is 6.32. The molecule has 0 aromatic carbocycles. The highest BCUT2D eigenvalue weighted by atomic mass is 32.1. The Balaban J connectivity index is 1.55.